The largest absolute Gasteiger partial charge is 0.510 e. The predicted molar refractivity (Wildman–Crippen MR) is 136 cm³/mol. The van der Waals surface area contributed by atoms with Gasteiger partial charge in [-0.2, -0.15) is 5.26 Å². The van der Waals surface area contributed by atoms with Crippen LogP contribution in [0.25, 0.3) is 38.6 Å². The Morgan fingerprint density at radius 3 is 2.56 bits per heavy atom. The molecule has 0 saturated carbocycles. The van der Waals surface area contributed by atoms with Crippen molar-refractivity contribution in [1.82, 2.24) is 15.0 Å². The van der Waals surface area contributed by atoms with E-state index >= 15 is 0 Å². The second-order valence-electron chi connectivity index (χ2n) is 7.58. The number of H-pyrrole nitrogens is 1. The van der Waals surface area contributed by atoms with Crippen LogP contribution in [0.15, 0.2) is 89.6 Å². The number of hydrogen-bond donors (Lipinski definition) is 2. The van der Waals surface area contributed by atoms with Crippen molar-refractivity contribution in [3.05, 3.63) is 90.4 Å². The zero-order chi connectivity index (χ0) is 23.5. The summed E-state index contributed by atoms with van der Waals surface area (Å²) < 4.78 is 5.39. The highest BCUT2D eigenvalue weighted by Crippen LogP contribution is 2.34. The summed E-state index contributed by atoms with van der Waals surface area (Å²) in [6, 6.07) is 27.5. The lowest BCUT2D eigenvalue weighted by atomic mass is 10.0. The number of aliphatic hydroxyl groups is 1. The van der Waals surface area contributed by atoms with E-state index in [1.54, 1.807) is 7.11 Å². The number of benzene rings is 3. The van der Waals surface area contributed by atoms with Gasteiger partial charge in [-0.15, -0.1) is 0 Å². The number of para-hydroxylation sites is 2. The van der Waals surface area contributed by atoms with Crippen molar-refractivity contribution in [3.63, 3.8) is 0 Å². The summed E-state index contributed by atoms with van der Waals surface area (Å²) in [4.78, 5) is 12.3. The number of fused-ring (bicyclic) bond motifs is 2. The normalized spacial score (nSPS) is 11.9. The molecule has 2 aromatic heterocycles. The fraction of sp³-hybridized carbons (Fsp3) is 0.0741. The van der Waals surface area contributed by atoms with Crippen LogP contribution in [-0.2, 0) is 0 Å². The first-order chi connectivity index (χ1) is 16.7. The molecule has 5 aromatic rings. The topological polar surface area (TPSA) is 94.8 Å². The second kappa shape index (κ2) is 9.30. The third-order valence-corrected chi connectivity index (χ3v) is 6.38. The van der Waals surface area contributed by atoms with E-state index in [-0.39, 0.29) is 17.1 Å². The number of aromatic nitrogens is 3. The van der Waals surface area contributed by atoms with E-state index in [9.17, 15) is 10.4 Å². The first-order valence-corrected chi connectivity index (χ1v) is 11.6. The summed E-state index contributed by atoms with van der Waals surface area (Å²) in [6.45, 7) is 0. The van der Waals surface area contributed by atoms with Crippen LogP contribution in [0, 0.1) is 11.3 Å². The van der Waals surface area contributed by atoms with Gasteiger partial charge in [0.1, 0.15) is 23.2 Å². The molecular formula is C27H20N4O2S. The Hall–Kier alpha value is -4.28. The molecule has 0 aliphatic carbocycles. The van der Waals surface area contributed by atoms with Crippen molar-refractivity contribution in [2.45, 2.75) is 5.03 Å². The van der Waals surface area contributed by atoms with E-state index in [4.69, 9.17) is 9.72 Å². The molecule has 0 bridgehead atoms. The average molecular weight is 465 g/mol. The summed E-state index contributed by atoms with van der Waals surface area (Å²) in [5, 5.41) is 22.2. The fourth-order valence-electron chi connectivity index (χ4n) is 3.78. The summed E-state index contributed by atoms with van der Waals surface area (Å²) in [6.07, 6.45) is 0. The lowest BCUT2D eigenvalue weighted by molar-refractivity contribution is 0.415. The molecule has 0 spiro atoms. The minimum absolute atomic E-state index is 0.0552. The van der Waals surface area contributed by atoms with E-state index in [1.807, 2.05) is 66.7 Å². The number of pyridine rings is 1. The lowest BCUT2D eigenvalue weighted by Crippen LogP contribution is -1.96. The SMILES string of the molecule is COc1ccc2c(-c3ccccc3)cc(SCC(O)=C(C#N)c3nc4ccccc4[nH]3)nc2c1. The summed E-state index contributed by atoms with van der Waals surface area (Å²) in [7, 11) is 1.63. The number of nitrogens with zero attached hydrogens (tertiary/aromatic N) is 3. The number of nitriles is 1. The quantitative estimate of drug-likeness (QED) is 0.172. The number of imidazole rings is 1. The van der Waals surface area contributed by atoms with Gasteiger partial charge in [-0.3, -0.25) is 0 Å². The molecule has 5 rings (SSSR count). The molecule has 0 radical (unpaired) electrons. The standard InChI is InChI=1S/C27H20N4O2S/c1-33-18-11-12-19-20(17-7-3-2-4-8-17)14-26(29-24(19)13-18)34-16-25(32)21(15-28)27-30-22-9-5-6-10-23(22)31-27/h2-14,32H,16H2,1H3,(H,30,31). The van der Waals surface area contributed by atoms with Crippen LogP contribution in [0.1, 0.15) is 5.82 Å². The number of rotatable bonds is 6. The molecule has 34 heavy (non-hydrogen) atoms. The maximum absolute atomic E-state index is 10.8. The maximum atomic E-state index is 10.8. The molecule has 0 atom stereocenters. The maximum Gasteiger partial charge on any atom is 0.152 e. The second-order valence-corrected chi connectivity index (χ2v) is 8.58. The zero-order valence-corrected chi connectivity index (χ0v) is 19.1. The number of allylic oxidation sites excluding steroid dienone is 1. The average Bonchev–Trinajstić information content (AvgIpc) is 3.31. The van der Waals surface area contributed by atoms with E-state index in [0.717, 1.165) is 43.8 Å². The molecule has 2 N–H and O–H groups in total. The number of aliphatic hydroxyl groups excluding tert-OH is 1. The van der Waals surface area contributed by atoms with Crippen LogP contribution in [0.4, 0.5) is 0 Å². The van der Waals surface area contributed by atoms with Gasteiger partial charge < -0.3 is 14.8 Å². The fourth-order valence-corrected chi connectivity index (χ4v) is 4.57. The smallest absolute Gasteiger partial charge is 0.152 e. The summed E-state index contributed by atoms with van der Waals surface area (Å²) >= 11 is 1.36. The number of methoxy groups -OCH3 is 1. The lowest BCUT2D eigenvalue weighted by Gasteiger charge is -2.11. The van der Waals surface area contributed by atoms with Crippen LogP contribution >= 0.6 is 11.8 Å². The molecule has 0 aliphatic heterocycles. The van der Waals surface area contributed by atoms with Gasteiger partial charge in [-0.1, -0.05) is 54.2 Å². The highest BCUT2D eigenvalue weighted by molar-refractivity contribution is 7.99. The molecule has 0 aliphatic rings. The number of ether oxygens (including phenoxy) is 1. The molecule has 166 valence electrons. The molecule has 7 heteroatoms. The molecule has 0 amide bonds. The zero-order valence-electron chi connectivity index (χ0n) is 18.3. The van der Waals surface area contributed by atoms with E-state index in [0.29, 0.717) is 5.82 Å². The van der Waals surface area contributed by atoms with Crippen LogP contribution in [0.3, 0.4) is 0 Å². The van der Waals surface area contributed by atoms with Crippen molar-refractivity contribution in [1.29, 1.82) is 5.26 Å². The van der Waals surface area contributed by atoms with E-state index in [2.05, 4.69) is 28.2 Å². The van der Waals surface area contributed by atoms with E-state index < -0.39 is 0 Å². The Labute approximate surface area is 200 Å². The summed E-state index contributed by atoms with van der Waals surface area (Å²) in [5.74, 6) is 1.19. The van der Waals surface area contributed by atoms with Crippen molar-refractivity contribution in [2.75, 3.05) is 12.9 Å². The minimum atomic E-state index is -0.0552. The van der Waals surface area contributed by atoms with Gasteiger partial charge in [-0.25, -0.2) is 9.97 Å². The Bertz CT molecular complexity index is 1540. The van der Waals surface area contributed by atoms with Gasteiger partial charge in [0, 0.05) is 11.5 Å². The molecule has 0 unspecified atom stereocenters. The van der Waals surface area contributed by atoms with Crippen LogP contribution in [0.5, 0.6) is 5.75 Å². The molecule has 0 saturated heterocycles. The number of hydrogen-bond acceptors (Lipinski definition) is 6. The monoisotopic (exact) mass is 464 g/mol. The molecule has 3 aromatic carbocycles. The predicted octanol–water partition coefficient (Wildman–Crippen LogP) is 6.37. The molecule has 2 heterocycles. The van der Waals surface area contributed by atoms with Gasteiger partial charge >= 0.3 is 0 Å². The highest BCUT2D eigenvalue weighted by Gasteiger charge is 2.15. The third kappa shape index (κ3) is 4.19. The van der Waals surface area contributed by atoms with Gasteiger partial charge in [0.05, 0.1) is 34.4 Å². The Balaban J connectivity index is 1.51. The number of nitrogens with one attached hydrogen (secondary N) is 1. The van der Waals surface area contributed by atoms with Gasteiger partial charge in [0.2, 0.25) is 0 Å². The Morgan fingerprint density at radius 1 is 1.00 bits per heavy atom. The van der Waals surface area contributed by atoms with Gasteiger partial charge in [0.25, 0.3) is 0 Å². The van der Waals surface area contributed by atoms with Gasteiger partial charge in [0.15, 0.2) is 5.82 Å². The molecular weight excluding hydrogens is 444 g/mol. The van der Waals surface area contributed by atoms with Gasteiger partial charge in [-0.05, 0) is 41.5 Å². The Morgan fingerprint density at radius 2 is 1.79 bits per heavy atom. The molecule has 6 nitrogen and oxygen atoms in total. The third-order valence-electron chi connectivity index (χ3n) is 5.46. The summed E-state index contributed by atoms with van der Waals surface area (Å²) in [5.41, 5.74) is 4.57. The van der Waals surface area contributed by atoms with Crippen molar-refractivity contribution in [3.8, 4) is 22.9 Å². The van der Waals surface area contributed by atoms with E-state index in [1.165, 1.54) is 11.8 Å². The first kappa shape index (κ1) is 21.6. The van der Waals surface area contributed by atoms with Crippen molar-refractivity contribution in [2.24, 2.45) is 0 Å². The van der Waals surface area contributed by atoms with Crippen molar-refractivity contribution >= 4 is 39.3 Å². The Kier molecular flexibility index (Phi) is 5.90. The van der Waals surface area contributed by atoms with Crippen LogP contribution < -0.4 is 4.74 Å². The first-order valence-electron chi connectivity index (χ1n) is 10.6. The van der Waals surface area contributed by atoms with Crippen molar-refractivity contribution < 1.29 is 9.84 Å². The number of thioether (sulfide) groups is 1. The molecule has 0 fully saturated rings. The minimum Gasteiger partial charge on any atom is -0.510 e. The van der Waals surface area contributed by atoms with Crippen LogP contribution in [-0.4, -0.2) is 32.9 Å². The highest BCUT2D eigenvalue weighted by atomic mass is 32.2. The van der Waals surface area contributed by atoms with Crippen LogP contribution in [0.2, 0.25) is 0 Å². The number of aromatic amines is 1.